The zero-order chi connectivity index (χ0) is 19.9. The lowest BCUT2D eigenvalue weighted by atomic mass is 10.0. The number of rotatable bonds is 7. The summed E-state index contributed by atoms with van der Waals surface area (Å²) in [6.45, 7) is 0.262. The number of nitrogens with zero attached hydrogens (tertiary/aromatic N) is 3. The van der Waals surface area contributed by atoms with Crippen LogP contribution in [0.2, 0.25) is 0 Å². The highest BCUT2D eigenvalue weighted by Crippen LogP contribution is 2.31. The first-order valence-corrected chi connectivity index (χ1v) is 9.32. The van der Waals surface area contributed by atoms with Gasteiger partial charge in [-0.25, -0.2) is 14.1 Å². The molecule has 4 aromatic rings. The van der Waals surface area contributed by atoms with Crippen molar-refractivity contribution in [1.29, 1.82) is 0 Å². The fourth-order valence-electron chi connectivity index (χ4n) is 3.11. The maximum absolute atomic E-state index is 13.6. The van der Waals surface area contributed by atoms with Crippen LogP contribution in [0.5, 0.6) is 0 Å². The van der Waals surface area contributed by atoms with E-state index in [2.05, 4.69) is 10.1 Å². The van der Waals surface area contributed by atoms with Crippen LogP contribution in [0.25, 0.3) is 11.8 Å². The third-order valence-electron chi connectivity index (χ3n) is 4.47. The molecular weight excluding hydrogens is 365 g/mol. The van der Waals surface area contributed by atoms with E-state index in [4.69, 9.17) is 4.74 Å². The quantitative estimate of drug-likeness (QED) is 0.429. The van der Waals surface area contributed by atoms with Crippen LogP contribution in [0.1, 0.15) is 22.8 Å². The van der Waals surface area contributed by atoms with Crippen molar-refractivity contribution in [2.24, 2.45) is 0 Å². The Hall–Kier alpha value is -3.57. The summed E-state index contributed by atoms with van der Waals surface area (Å²) in [6, 6.07) is 26.3. The van der Waals surface area contributed by atoms with Gasteiger partial charge in [0.2, 0.25) is 0 Å². The van der Waals surface area contributed by atoms with Gasteiger partial charge in [0.05, 0.1) is 12.3 Å². The number of ether oxygens (including phenoxy) is 1. The summed E-state index contributed by atoms with van der Waals surface area (Å²) in [7, 11) is 0. The molecule has 0 saturated carbocycles. The molecule has 0 radical (unpaired) electrons. The largest absolute Gasteiger partial charge is 0.362 e. The number of halogens is 1. The Morgan fingerprint density at radius 1 is 0.966 bits per heavy atom. The lowest BCUT2D eigenvalue weighted by Crippen LogP contribution is -2.13. The van der Waals surface area contributed by atoms with Crippen molar-refractivity contribution in [3.8, 4) is 0 Å². The third kappa shape index (κ3) is 4.83. The Balaban J connectivity index is 1.73. The number of benzene rings is 3. The molecule has 0 N–H and O–H groups in total. The average molecular weight is 385 g/mol. The van der Waals surface area contributed by atoms with Gasteiger partial charge >= 0.3 is 0 Å². The summed E-state index contributed by atoms with van der Waals surface area (Å²) < 4.78 is 21.6. The van der Waals surface area contributed by atoms with E-state index in [9.17, 15) is 4.39 Å². The van der Waals surface area contributed by atoms with Crippen molar-refractivity contribution in [2.45, 2.75) is 12.7 Å². The molecule has 1 aromatic heterocycles. The van der Waals surface area contributed by atoms with Gasteiger partial charge in [-0.2, -0.15) is 5.10 Å². The van der Waals surface area contributed by atoms with Crippen molar-refractivity contribution in [1.82, 2.24) is 14.8 Å². The zero-order valence-corrected chi connectivity index (χ0v) is 15.7. The van der Waals surface area contributed by atoms with E-state index < -0.39 is 6.10 Å². The minimum absolute atomic E-state index is 0.262. The van der Waals surface area contributed by atoms with Gasteiger partial charge in [-0.3, -0.25) is 0 Å². The zero-order valence-electron chi connectivity index (χ0n) is 15.7. The van der Waals surface area contributed by atoms with Crippen molar-refractivity contribution in [3.05, 3.63) is 120 Å². The summed E-state index contributed by atoms with van der Waals surface area (Å²) >= 11 is 0. The van der Waals surface area contributed by atoms with Crippen LogP contribution in [-0.2, 0) is 11.3 Å². The van der Waals surface area contributed by atoms with E-state index in [0.717, 1.165) is 22.4 Å². The van der Waals surface area contributed by atoms with Crippen molar-refractivity contribution in [2.75, 3.05) is 0 Å². The molecule has 0 bridgehead atoms. The summed E-state index contributed by atoms with van der Waals surface area (Å²) in [5, 5.41) is 4.33. The van der Waals surface area contributed by atoms with Crippen LogP contribution in [0.15, 0.2) is 97.6 Å². The molecule has 0 spiro atoms. The molecule has 1 unspecified atom stereocenters. The Labute approximate surface area is 168 Å². The first-order chi connectivity index (χ1) is 14.3. The predicted molar refractivity (Wildman–Crippen MR) is 111 cm³/mol. The van der Waals surface area contributed by atoms with E-state index >= 15 is 0 Å². The van der Waals surface area contributed by atoms with E-state index in [-0.39, 0.29) is 12.4 Å². The fourth-order valence-corrected chi connectivity index (χ4v) is 3.11. The van der Waals surface area contributed by atoms with Gasteiger partial charge in [0, 0.05) is 0 Å². The summed E-state index contributed by atoms with van der Waals surface area (Å²) in [5.41, 5.74) is 3.58. The molecule has 0 aliphatic heterocycles. The van der Waals surface area contributed by atoms with Crippen molar-refractivity contribution >= 4 is 11.8 Å². The van der Waals surface area contributed by atoms with Crippen LogP contribution in [0.3, 0.4) is 0 Å². The monoisotopic (exact) mass is 385 g/mol. The van der Waals surface area contributed by atoms with Gasteiger partial charge in [-0.1, -0.05) is 72.8 Å². The predicted octanol–water partition coefficient (Wildman–Crippen LogP) is 5.37. The van der Waals surface area contributed by atoms with Crippen molar-refractivity contribution in [3.63, 3.8) is 0 Å². The third-order valence-corrected chi connectivity index (χ3v) is 4.47. The molecule has 144 valence electrons. The lowest BCUT2D eigenvalue weighted by Gasteiger charge is -2.22. The van der Waals surface area contributed by atoms with E-state index in [0.29, 0.717) is 0 Å². The molecule has 1 atom stereocenters. The number of hydrogen-bond acceptors (Lipinski definition) is 3. The Bertz CT molecular complexity index is 1060. The number of aromatic nitrogens is 3. The highest BCUT2D eigenvalue weighted by molar-refractivity contribution is 5.73. The Kier molecular flexibility index (Phi) is 5.88. The standard InChI is InChI=1S/C24H20FN3O/c25-22-13-7-10-20(14-22)16-29-24(21-11-5-2-6-12-21)23(28-18-26-17-27-28)15-19-8-3-1-4-9-19/h1-15,17-18,24H,16H2/b23-15+. The Morgan fingerprint density at radius 2 is 1.72 bits per heavy atom. The maximum atomic E-state index is 13.6. The van der Waals surface area contributed by atoms with Gasteiger partial charge < -0.3 is 4.74 Å². The van der Waals surface area contributed by atoms with Crippen LogP contribution < -0.4 is 0 Å². The van der Waals surface area contributed by atoms with Crippen LogP contribution in [0.4, 0.5) is 4.39 Å². The van der Waals surface area contributed by atoms with E-state index in [1.54, 1.807) is 17.1 Å². The first kappa shape index (κ1) is 18.8. The van der Waals surface area contributed by atoms with Gasteiger partial charge in [-0.15, -0.1) is 0 Å². The second kappa shape index (κ2) is 9.08. The molecule has 0 fully saturated rings. The fraction of sp³-hybridized carbons (Fsp3) is 0.0833. The summed E-state index contributed by atoms with van der Waals surface area (Å²) in [4.78, 5) is 4.10. The second-order valence-electron chi connectivity index (χ2n) is 6.55. The minimum Gasteiger partial charge on any atom is -0.362 e. The van der Waals surface area contributed by atoms with Crippen LogP contribution in [0, 0.1) is 5.82 Å². The molecule has 1 heterocycles. The van der Waals surface area contributed by atoms with Gasteiger partial charge in [0.15, 0.2) is 0 Å². The topological polar surface area (TPSA) is 39.9 Å². The number of hydrogen-bond donors (Lipinski definition) is 0. The highest BCUT2D eigenvalue weighted by Gasteiger charge is 2.20. The second-order valence-corrected chi connectivity index (χ2v) is 6.55. The van der Waals surface area contributed by atoms with Crippen LogP contribution in [-0.4, -0.2) is 14.8 Å². The maximum Gasteiger partial charge on any atom is 0.138 e. The Morgan fingerprint density at radius 3 is 2.41 bits per heavy atom. The molecular formula is C24H20FN3O. The highest BCUT2D eigenvalue weighted by atomic mass is 19.1. The van der Waals surface area contributed by atoms with Gasteiger partial charge in [0.1, 0.15) is 24.6 Å². The van der Waals surface area contributed by atoms with E-state index in [1.165, 1.54) is 18.5 Å². The first-order valence-electron chi connectivity index (χ1n) is 9.32. The lowest BCUT2D eigenvalue weighted by molar-refractivity contribution is 0.0745. The minimum atomic E-state index is -0.415. The molecule has 4 nitrogen and oxygen atoms in total. The molecule has 29 heavy (non-hydrogen) atoms. The molecule has 3 aromatic carbocycles. The SMILES string of the molecule is Fc1cccc(COC(/C(=C\c2ccccc2)n2cncn2)c2ccccc2)c1. The van der Waals surface area contributed by atoms with Gasteiger partial charge in [0.25, 0.3) is 0 Å². The molecule has 0 aliphatic carbocycles. The summed E-state index contributed by atoms with van der Waals surface area (Å²) in [6.07, 6.45) is 4.75. The normalized spacial score (nSPS) is 12.7. The summed E-state index contributed by atoms with van der Waals surface area (Å²) in [5.74, 6) is -0.279. The molecule has 0 amide bonds. The molecule has 0 aliphatic rings. The van der Waals surface area contributed by atoms with Gasteiger partial charge in [-0.05, 0) is 34.9 Å². The van der Waals surface area contributed by atoms with Crippen molar-refractivity contribution < 1.29 is 9.13 Å². The average Bonchev–Trinajstić information content (AvgIpc) is 3.29. The molecule has 0 saturated heterocycles. The smallest absolute Gasteiger partial charge is 0.138 e. The van der Waals surface area contributed by atoms with Crippen LogP contribution >= 0.6 is 0 Å². The molecule has 5 heteroatoms. The molecule has 4 rings (SSSR count). The van der Waals surface area contributed by atoms with E-state index in [1.807, 2.05) is 72.8 Å².